The first-order valence-corrected chi connectivity index (χ1v) is 4.21. The SMILES string of the molecule is OC[C@H]1O[C@@H]1c1cccc(Cl)c1. The van der Waals surface area contributed by atoms with Crippen molar-refractivity contribution in [2.75, 3.05) is 6.61 Å². The van der Waals surface area contributed by atoms with Gasteiger partial charge in [-0.2, -0.15) is 0 Å². The van der Waals surface area contributed by atoms with Crippen LogP contribution in [0.25, 0.3) is 0 Å². The van der Waals surface area contributed by atoms with Crippen LogP contribution in [0.5, 0.6) is 0 Å². The molecular formula is C9H9ClO2. The number of hydrogen-bond acceptors (Lipinski definition) is 2. The van der Waals surface area contributed by atoms with Gasteiger partial charge >= 0.3 is 0 Å². The molecule has 64 valence electrons. The normalized spacial score (nSPS) is 27.2. The average Bonchev–Trinajstić information content (AvgIpc) is 2.83. The lowest BCUT2D eigenvalue weighted by Gasteiger charge is -1.95. The molecule has 0 unspecified atom stereocenters. The highest BCUT2D eigenvalue weighted by atomic mass is 35.5. The fourth-order valence-electron chi connectivity index (χ4n) is 1.26. The first-order chi connectivity index (χ1) is 5.81. The van der Waals surface area contributed by atoms with Crippen LogP contribution in [0.2, 0.25) is 5.02 Å². The van der Waals surface area contributed by atoms with E-state index in [1.54, 1.807) is 0 Å². The van der Waals surface area contributed by atoms with E-state index in [2.05, 4.69) is 0 Å². The van der Waals surface area contributed by atoms with Gasteiger partial charge in [-0.3, -0.25) is 0 Å². The predicted molar refractivity (Wildman–Crippen MR) is 46.2 cm³/mol. The topological polar surface area (TPSA) is 32.8 Å². The Kier molecular flexibility index (Phi) is 2.05. The lowest BCUT2D eigenvalue weighted by atomic mass is 10.1. The molecule has 2 atom stereocenters. The van der Waals surface area contributed by atoms with Crippen LogP contribution < -0.4 is 0 Å². The predicted octanol–water partition coefficient (Wildman–Crippen LogP) is 1.77. The van der Waals surface area contributed by atoms with Gasteiger partial charge in [0, 0.05) is 5.02 Å². The van der Waals surface area contributed by atoms with Gasteiger partial charge in [0.05, 0.1) is 6.61 Å². The second-order valence-electron chi connectivity index (χ2n) is 2.83. The Hall–Kier alpha value is -0.570. The van der Waals surface area contributed by atoms with Crippen molar-refractivity contribution in [3.63, 3.8) is 0 Å². The maximum Gasteiger partial charge on any atom is 0.112 e. The molecule has 12 heavy (non-hydrogen) atoms. The molecule has 0 radical (unpaired) electrons. The molecule has 0 aliphatic carbocycles. The zero-order chi connectivity index (χ0) is 8.55. The van der Waals surface area contributed by atoms with Gasteiger partial charge in [0.15, 0.2) is 0 Å². The number of rotatable bonds is 2. The minimum absolute atomic E-state index is 0.0246. The lowest BCUT2D eigenvalue weighted by molar-refractivity contribution is 0.242. The van der Waals surface area contributed by atoms with Crippen LogP contribution in [0.1, 0.15) is 11.7 Å². The van der Waals surface area contributed by atoms with Gasteiger partial charge in [0.1, 0.15) is 12.2 Å². The van der Waals surface area contributed by atoms with Gasteiger partial charge in [0.25, 0.3) is 0 Å². The maximum absolute atomic E-state index is 8.75. The van der Waals surface area contributed by atoms with Gasteiger partial charge in [-0.25, -0.2) is 0 Å². The Labute approximate surface area is 75.7 Å². The number of benzene rings is 1. The smallest absolute Gasteiger partial charge is 0.112 e. The van der Waals surface area contributed by atoms with Crippen molar-refractivity contribution in [3.8, 4) is 0 Å². The molecule has 1 N–H and O–H groups in total. The molecule has 2 rings (SSSR count). The van der Waals surface area contributed by atoms with Crippen LogP contribution in [0, 0.1) is 0 Å². The molecule has 1 aliphatic heterocycles. The molecule has 1 saturated heterocycles. The summed E-state index contributed by atoms with van der Waals surface area (Å²) in [5.74, 6) is 0. The summed E-state index contributed by atoms with van der Waals surface area (Å²) < 4.78 is 5.20. The average molecular weight is 185 g/mol. The fourth-order valence-corrected chi connectivity index (χ4v) is 1.46. The van der Waals surface area contributed by atoms with E-state index in [1.165, 1.54) is 0 Å². The van der Waals surface area contributed by atoms with Crippen molar-refractivity contribution in [2.24, 2.45) is 0 Å². The van der Waals surface area contributed by atoms with Crippen molar-refractivity contribution < 1.29 is 9.84 Å². The minimum Gasteiger partial charge on any atom is -0.394 e. The molecule has 0 saturated carbocycles. The summed E-state index contributed by atoms with van der Waals surface area (Å²) in [5.41, 5.74) is 1.04. The van der Waals surface area contributed by atoms with E-state index in [0.29, 0.717) is 5.02 Å². The Morgan fingerprint density at radius 3 is 2.92 bits per heavy atom. The van der Waals surface area contributed by atoms with E-state index in [4.69, 9.17) is 21.4 Å². The standard InChI is InChI=1S/C9H9ClO2/c10-7-3-1-2-6(4-7)9-8(5-11)12-9/h1-4,8-9,11H,5H2/t8-,9-/m1/s1. The molecule has 2 nitrogen and oxygen atoms in total. The van der Waals surface area contributed by atoms with E-state index in [1.807, 2.05) is 24.3 Å². The maximum atomic E-state index is 8.75. The third kappa shape index (κ3) is 1.46. The highest BCUT2D eigenvalue weighted by molar-refractivity contribution is 6.30. The molecule has 1 heterocycles. The van der Waals surface area contributed by atoms with Gasteiger partial charge in [0.2, 0.25) is 0 Å². The summed E-state index contributed by atoms with van der Waals surface area (Å²) in [4.78, 5) is 0. The van der Waals surface area contributed by atoms with Gasteiger partial charge in [-0.1, -0.05) is 23.7 Å². The first-order valence-electron chi connectivity index (χ1n) is 3.83. The molecule has 1 fully saturated rings. The summed E-state index contributed by atoms with van der Waals surface area (Å²) in [6.07, 6.45) is 0.0252. The molecule has 0 bridgehead atoms. The molecule has 0 spiro atoms. The van der Waals surface area contributed by atoms with Crippen molar-refractivity contribution in [1.29, 1.82) is 0 Å². The van der Waals surface area contributed by atoms with Crippen LogP contribution in [0.15, 0.2) is 24.3 Å². The quantitative estimate of drug-likeness (QED) is 0.711. The van der Waals surface area contributed by atoms with Crippen molar-refractivity contribution in [2.45, 2.75) is 12.2 Å². The van der Waals surface area contributed by atoms with Crippen molar-refractivity contribution >= 4 is 11.6 Å². The van der Waals surface area contributed by atoms with Crippen molar-refractivity contribution in [1.82, 2.24) is 0 Å². The summed E-state index contributed by atoms with van der Waals surface area (Å²) in [6.45, 7) is 0.0805. The van der Waals surface area contributed by atoms with Crippen LogP contribution in [-0.2, 0) is 4.74 Å². The number of hydrogen-bond donors (Lipinski definition) is 1. The van der Waals surface area contributed by atoms with E-state index in [9.17, 15) is 0 Å². The largest absolute Gasteiger partial charge is 0.394 e. The molecule has 0 aromatic heterocycles. The number of ether oxygens (including phenoxy) is 1. The highest BCUT2D eigenvalue weighted by Gasteiger charge is 2.39. The second-order valence-corrected chi connectivity index (χ2v) is 3.27. The van der Waals surface area contributed by atoms with E-state index in [-0.39, 0.29) is 18.8 Å². The van der Waals surface area contributed by atoms with E-state index in [0.717, 1.165) is 5.56 Å². The number of aliphatic hydroxyl groups excluding tert-OH is 1. The van der Waals surface area contributed by atoms with Crippen LogP contribution >= 0.6 is 11.6 Å². The Morgan fingerprint density at radius 1 is 1.50 bits per heavy atom. The van der Waals surface area contributed by atoms with Gasteiger partial charge in [-0.05, 0) is 17.7 Å². The fraction of sp³-hybridized carbons (Fsp3) is 0.333. The van der Waals surface area contributed by atoms with E-state index >= 15 is 0 Å². The molecule has 3 heteroatoms. The lowest BCUT2D eigenvalue weighted by Crippen LogP contribution is -1.93. The zero-order valence-electron chi connectivity index (χ0n) is 6.40. The zero-order valence-corrected chi connectivity index (χ0v) is 7.16. The third-order valence-corrected chi connectivity index (χ3v) is 2.17. The summed E-state index contributed by atoms with van der Waals surface area (Å²) >= 11 is 5.79. The van der Waals surface area contributed by atoms with Gasteiger partial charge < -0.3 is 9.84 Å². The number of halogens is 1. The number of aliphatic hydroxyl groups is 1. The third-order valence-electron chi connectivity index (χ3n) is 1.94. The molecule has 1 aromatic rings. The Balaban J connectivity index is 2.14. The van der Waals surface area contributed by atoms with Crippen LogP contribution in [0.3, 0.4) is 0 Å². The Bertz CT molecular complexity index is 288. The first kappa shape index (κ1) is 8.05. The molecular weight excluding hydrogens is 176 g/mol. The summed E-state index contributed by atoms with van der Waals surface area (Å²) in [5, 5.41) is 9.46. The summed E-state index contributed by atoms with van der Waals surface area (Å²) in [7, 11) is 0. The highest BCUT2D eigenvalue weighted by Crippen LogP contribution is 2.38. The Morgan fingerprint density at radius 2 is 2.33 bits per heavy atom. The molecule has 1 aromatic carbocycles. The molecule has 1 aliphatic rings. The van der Waals surface area contributed by atoms with Gasteiger partial charge in [-0.15, -0.1) is 0 Å². The van der Waals surface area contributed by atoms with E-state index < -0.39 is 0 Å². The van der Waals surface area contributed by atoms with Crippen LogP contribution in [-0.4, -0.2) is 17.8 Å². The van der Waals surface area contributed by atoms with Crippen molar-refractivity contribution in [3.05, 3.63) is 34.9 Å². The number of epoxide rings is 1. The summed E-state index contributed by atoms with van der Waals surface area (Å²) in [6, 6.07) is 7.52. The minimum atomic E-state index is -0.0246. The second kappa shape index (κ2) is 3.05. The van der Waals surface area contributed by atoms with Crippen LogP contribution in [0.4, 0.5) is 0 Å². The molecule has 0 amide bonds. The monoisotopic (exact) mass is 184 g/mol.